The molecular weight excluding hydrogens is 324 g/mol. The Labute approximate surface area is 125 Å². The average Bonchev–Trinajstić information content (AvgIpc) is 2.38. The molecule has 0 bridgehead atoms. The fourth-order valence-electron chi connectivity index (χ4n) is 2.68. The minimum Gasteiger partial charge on any atom is -0.481 e. The van der Waals surface area contributed by atoms with Crippen LogP contribution >= 0.6 is 15.9 Å². The van der Waals surface area contributed by atoms with Gasteiger partial charge in [-0.25, -0.2) is 0 Å². The van der Waals surface area contributed by atoms with Crippen LogP contribution in [0.4, 0.5) is 5.69 Å². The summed E-state index contributed by atoms with van der Waals surface area (Å²) >= 11 is 3.33. The molecule has 5 nitrogen and oxygen atoms in total. The number of rotatable bonds is 4. The second-order valence-electron chi connectivity index (χ2n) is 5.08. The predicted octanol–water partition coefficient (Wildman–Crippen LogP) is 2.24. The number of hydrogen-bond acceptors (Lipinski definition) is 3. The summed E-state index contributed by atoms with van der Waals surface area (Å²) in [6.07, 6.45) is 2.00. The van der Waals surface area contributed by atoms with Crippen molar-refractivity contribution < 1.29 is 14.7 Å². The number of carbonyl (C=O) groups is 2. The summed E-state index contributed by atoms with van der Waals surface area (Å²) in [7, 11) is 0. The number of benzene rings is 1. The number of carbonyl (C=O) groups excluding carboxylic acids is 1. The van der Waals surface area contributed by atoms with Gasteiger partial charge in [-0.3, -0.25) is 9.59 Å². The molecule has 6 heteroatoms. The molecule has 0 spiro atoms. The van der Waals surface area contributed by atoms with E-state index in [1.165, 1.54) is 0 Å². The van der Waals surface area contributed by atoms with E-state index in [1.54, 1.807) is 6.07 Å². The number of piperidine rings is 1. The van der Waals surface area contributed by atoms with Crippen molar-refractivity contribution in [3.05, 3.63) is 28.2 Å². The molecule has 20 heavy (non-hydrogen) atoms. The number of halogens is 1. The van der Waals surface area contributed by atoms with Gasteiger partial charge in [-0.15, -0.1) is 0 Å². The molecule has 1 amide bonds. The fourth-order valence-corrected chi connectivity index (χ4v) is 3.04. The van der Waals surface area contributed by atoms with Gasteiger partial charge in [0.2, 0.25) is 0 Å². The van der Waals surface area contributed by atoms with E-state index in [-0.39, 0.29) is 12.3 Å². The molecule has 2 rings (SSSR count). The third-order valence-electron chi connectivity index (χ3n) is 3.55. The number of carboxylic acids is 1. The van der Waals surface area contributed by atoms with Gasteiger partial charge in [-0.05, 0) is 37.0 Å². The molecule has 1 aromatic carbocycles. The van der Waals surface area contributed by atoms with Crippen LogP contribution in [-0.4, -0.2) is 30.1 Å². The molecule has 1 heterocycles. The summed E-state index contributed by atoms with van der Waals surface area (Å²) in [5.41, 5.74) is 6.68. The number of nitrogens with two attached hydrogens (primary N) is 1. The molecule has 0 aromatic heterocycles. The maximum Gasteiger partial charge on any atom is 0.303 e. The molecule has 0 aliphatic carbocycles. The lowest BCUT2D eigenvalue weighted by atomic mass is 9.94. The Morgan fingerprint density at radius 2 is 2.20 bits per heavy atom. The molecule has 108 valence electrons. The number of hydrogen-bond donors (Lipinski definition) is 2. The summed E-state index contributed by atoms with van der Waals surface area (Å²) in [6.45, 7) is 1.46. The first-order valence-electron chi connectivity index (χ1n) is 6.53. The number of nitrogens with zero attached hydrogens (tertiary/aromatic N) is 1. The monoisotopic (exact) mass is 340 g/mol. The third kappa shape index (κ3) is 3.50. The molecular formula is C14H17BrN2O3. The van der Waals surface area contributed by atoms with E-state index in [1.807, 2.05) is 12.1 Å². The van der Waals surface area contributed by atoms with E-state index >= 15 is 0 Å². The quantitative estimate of drug-likeness (QED) is 0.880. The SMILES string of the molecule is NC(=O)c1cc(Br)ccc1N1CCCC(CC(=O)O)C1. The number of amides is 1. The van der Waals surface area contributed by atoms with Gasteiger partial charge in [-0.1, -0.05) is 15.9 Å². The van der Waals surface area contributed by atoms with Crippen molar-refractivity contribution in [2.45, 2.75) is 19.3 Å². The molecule has 3 N–H and O–H groups in total. The lowest BCUT2D eigenvalue weighted by Gasteiger charge is -2.34. The number of aliphatic carboxylic acids is 1. The highest BCUT2D eigenvalue weighted by Crippen LogP contribution is 2.29. The van der Waals surface area contributed by atoms with Gasteiger partial charge in [0.1, 0.15) is 0 Å². The Morgan fingerprint density at radius 3 is 2.85 bits per heavy atom. The second-order valence-corrected chi connectivity index (χ2v) is 5.99. The summed E-state index contributed by atoms with van der Waals surface area (Å²) in [6, 6.07) is 5.42. The Kier molecular flexibility index (Phi) is 4.65. The molecule has 0 saturated carbocycles. The van der Waals surface area contributed by atoms with E-state index in [0.717, 1.165) is 29.5 Å². The van der Waals surface area contributed by atoms with E-state index in [2.05, 4.69) is 20.8 Å². The van der Waals surface area contributed by atoms with Crippen molar-refractivity contribution in [3.63, 3.8) is 0 Å². The van der Waals surface area contributed by atoms with Gasteiger partial charge < -0.3 is 15.7 Å². The van der Waals surface area contributed by atoms with Crippen LogP contribution in [0.5, 0.6) is 0 Å². The van der Waals surface area contributed by atoms with Crippen LogP contribution in [0.3, 0.4) is 0 Å². The zero-order valence-corrected chi connectivity index (χ0v) is 12.6. The molecule has 1 aliphatic heterocycles. The number of carboxylic acid groups (broad SMARTS) is 1. The molecule has 1 atom stereocenters. The molecule has 0 radical (unpaired) electrons. The van der Waals surface area contributed by atoms with E-state index in [4.69, 9.17) is 10.8 Å². The highest BCUT2D eigenvalue weighted by molar-refractivity contribution is 9.10. The van der Waals surface area contributed by atoms with Gasteiger partial charge in [0.05, 0.1) is 5.56 Å². The largest absolute Gasteiger partial charge is 0.481 e. The van der Waals surface area contributed by atoms with Gasteiger partial charge in [0, 0.05) is 29.7 Å². The zero-order valence-electron chi connectivity index (χ0n) is 11.0. The highest BCUT2D eigenvalue weighted by atomic mass is 79.9. The van der Waals surface area contributed by atoms with Crippen LogP contribution < -0.4 is 10.6 Å². The maximum absolute atomic E-state index is 11.6. The Morgan fingerprint density at radius 1 is 1.45 bits per heavy atom. The van der Waals surface area contributed by atoms with Crippen molar-refractivity contribution in [3.8, 4) is 0 Å². The van der Waals surface area contributed by atoms with Crippen LogP contribution in [0.15, 0.2) is 22.7 Å². The predicted molar refractivity (Wildman–Crippen MR) is 79.8 cm³/mol. The topological polar surface area (TPSA) is 83.6 Å². The van der Waals surface area contributed by atoms with Crippen LogP contribution in [0.1, 0.15) is 29.6 Å². The standard InChI is InChI=1S/C14H17BrN2O3/c15-10-3-4-12(11(7-10)14(16)20)17-5-1-2-9(8-17)6-13(18)19/h3-4,7,9H,1-2,5-6,8H2,(H2,16,20)(H,18,19). The third-order valence-corrected chi connectivity index (χ3v) is 4.04. The maximum atomic E-state index is 11.6. The zero-order chi connectivity index (χ0) is 14.7. The summed E-state index contributed by atoms with van der Waals surface area (Å²) in [5.74, 6) is -1.13. The summed E-state index contributed by atoms with van der Waals surface area (Å²) in [5, 5.41) is 8.90. The van der Waals surface area contributed by atoms with Crippen LogP contribution in [-0.2, 0) is 4.79 Å². The lowest BCUT2D eigenvalue weighted by molar-refractivity contribution is -0.138. The molecule has 1 unspecified atom stereocenters. The lowest BCUT2D eigenvalue weighted by Crippen LogP contribution is -2.37. The first-order valence-corrected chi connectivity index (χ1v) is 7.32. The van der Waals surface area contributed by atoms with Gasteiger partial charge >= 0.3 is 5.97 Å². The molecule has 1 saturated heterocycles. The van der Waals surface area contributed by atoms with Crippen molar-refractivity contribution in [1.29, 1.82) is 0 Å². The molecule has 1 aromatic rings. The highest BCUT2D eigenvalue weighted by Gasteiger charge is 2.24. The first-order chi connectivity index (χ1) is 9.47. The Hall–Kier alpha value is -1.56. The van der Waals surface area contributed by atoms with E-state index < -0.39 is 11.9 Å². The Balaban J connectivity index is 2.22. The van der Waals surface area contributed by atoms with Crippen molar-refractivity contribution >= 4 is 33.5 Å². The van der Waals surface area contributed by atoms with Gasteiger partial charge in [-0.2, -0.15) is 0 Å². The minimum absolute atomic E-state index is 0.116. The average molecular weight is 341 g/mol. The second kappa shape index (κ2) is 6.26. The van der Waals surface area contributed by atoms with Crippen LogP contribution in [0, 0.1) is 5.92 Å². The number of primary amides is 1. The smallest absolute Gasteiger partial charge is 0.303 e. The molecule has 1 aliphatic rings. The molecule has 1 fully saturated rings. The van der Waals surface area contributed by atoms with Gasteiger partial charge in [0.25, 0.3) is 5.91 Å². The van der Waals surface area contributed by atoms with Crippen LogP contribution in [0.2, 0.25) is 0 Å². The fraction of sp³-hybridized carbons (Fsp3) is 0.429. The van der Waals surface area contributed by atoms with Crippen molar-refractivity contribution in [1.82, 2.24) is 0 Å². The number of anilines is 1. The summed E-state index contributed by atoms with van der Waals surface area (Å²) < 4.78 is 0.800. The van der Waals surface area contributed by atoms with Gasteiger partial charge in [0.15, 0.2) is 0 Å². The van der Waals surface area contributed by atoms with E-state index in [0.29, 0.717) is 12.1 Å². The van der Waals surface area contributed by atoms with Crippen molar-refractivity contribution in [2.24, 2.45) is 11.7 Å². The summed E-state index contributed by atoms with van der Waals surface area (Å²) in [4.78, 5) is 24.4. The van der Waals surface area contributed by atoms with E-state index in [9.17, 15) is 9.59 Å². The van der Waals surface area contributed by atoms with Crippen LogP contribution in [0.25, 0.3) is 0 Å². The first kappa shape index (κ1) is 14.8. The normalized spacial score (nSPS) is 18.9. The Bertz CT molecular complexity index is 533. The minimum atomic E-state index is -0.775. The van der Waals surface area contributed by atoms with Crippen molar-refractivity contribution in [2.75, 3.05) is 18.0 Å².